The van der Waals surface area contributed by atoms with E-state index >= 15 is 0 Å². The van der Waals surface area contributed by atoms with Gasteiger partial charge in [0.05, 0.1) is 6.61 Å². The quantitative estimate of drug-likeness (QED) is 0.751. The Morgan fingerprint density at radius 1 is 1.29 bits per heavy atom. The first-order valence-corrected chi connectivity index (χ1v) is 4.62. The Balaban J connectivity index is 2.25. The van der Waals surface area contributed by atoms with Crippen LogP contribution in [0.2, 0.25) is 0 Å². The van der Waals surface area contributed by atoms with E-state index in [1.54, 1.807) is 5.06 Å². The number of aromatic nitrogens is 1. The van der Waals surface area contributed by atoms with Crippen LogP contribution in [0.3, 0.4) is 0 Å². The van der Waals surface area contributed by atoms with Crippen LogP contribution in [0.25, 0.3) is 10.9 Å². The third kappa shape index (κ3) is 1.78. The Morgan fingerprint density at radius 3 is 2.86 bits per heavy atom. The summed E-state index contributed by atoms with van der Waals surface area (Å²) in [5, 5.41) is 2.94. The van der Waals surface area contributed by atoms with Gasteiger partial charge in [0.1, 0.15) is 0 Å². The van der Waals surface area contributed by atoms with Crippen molar-refractivity contribution in [1.29, 1.82) is 0 Å². The molecule has 0 unspecified atom stereocenters. The van der Waals surface area contributed by atoms with Crippen LogP contribution in [0.5, 0.6) is 0 Å². The zero-order valence-corrected chi connectivity index (χ0v) is 8.45. The lowest BCUT2D eigenvalue weighted by molar-refractivity contribution is -0.130. The zero-order chi connectivity index (χ0) is 9.97. The molecule has 0 fully saturated rings. The fourth-order valence-electron chi connectivity index (χ4n) is 1.45. The van der Waals surface area contributed by atoms with Gasteiger partial charge in [-0.3, -0.25) is 4.84 Å². The molecule has 0 amide bonds. The minimum absolute atomic E-state index is 0.608. The molecular formula is C11H14N2O. The first-order chi connectivity index (χ1) is 6.77. The Kier molecular flexibility index (Phi) is 2.52. The number of hydrogen-bond donors (Lipinski definition) is 1. The van der Waals surface area contributed by atoms with E-state index in [1.807, 2.05) is 32.4 Å². The lowest BCUT2D eigenvalue weighted by Crippen LogP contribution is -2.11. The van der Waals surface area contributed by atoms with Gasteiger partial charge >= 0.3 is 0 Å². The summed E-state index contributed by atoms with van der Waals surface area (Å²) < 4.78 is 0. The highest BCUT2D eigenvalue weighted by Crippen LogP contribution is 2.18. The fraction of sp³-hybridized carbons (Fsp3) is 0.273. The summed E-state index contributed by atoms with van der Waals surface area (Å²) in [5.41, 5.74) is 2.35. The number of nitrogens with zero attached hydrogens (tertiary/aromatic N) is 1. The van der Waals surface area contributed by atoms with Gasteiger partial charge in [-0.15, -0.1) is 0 Å². The first kappa shape index (κ1) is 9.24. The summed E-state index contributed by atoms with van der Waals surface area (Å²) in [5.74, 6) is 0. The van der Waals surface area contributed by atoms with Crippen molar-refractivity contribution in [1.82, 2.24) is 10.0 Å². The first-order valence-electron chi connectivity index (χ1n) is 4.62. The highest BCUT2D eigenvalue weighted by Gasteiger charge is 2.02. The second-order valence-electron chi connectivity index (χ2n) is 3.45. The van der Waals surface area contributed by atoms with Gasteiger partial charge in [-0.2, -0.15) is 5.06 Å². The molecule has 2 rings (SSSR count). The van der Waals surface area contributed by atoms with Crippen LogP contribution in [-0.4, -0.2) is 24.1 Å². The molecule has 74 valence electrons. The van der Waals surface area contributed by atoms with E-state index < -0.39 is 0 Å². The maximum absolute atomic E-state index is 5.41. The fourth-order valence-corrected chi connectivity index (χ4v) is 1.45. The summed E-state index contributed by atoms with van der Waals surface area (Å²) in [7, 11) is 3.77. The number of nitrogens with one attached hydrogen (secondary N) is 1. The summed E-state index contributed by atoms with van der Waals surface area (Å²) >= 11 is 0. The number of hydrogen-bond acceptors (Lipinski definition) is 2. The molecule has 0 aliphatic rings. The number of fused-ring (bicyclic) bond motifs is 1. The number of aromatic amines is 1. The second-order valence-corrected chi connectivity index (χ2v) is 3.45. The molecule has 2 aromatic rings. The van der Waals surface area contributed by atoms with E-state index in [4.69, 9.17) is 4.84 Å². The average Bonchev–Trinajstić information content (AvgIpc) is 2.58. The molecule has 0 saturated heterocycles. The Morgan fingerprint density at radius 2 is 2.07 bits per heavy atom. The predicted molar refractivity (Wildman–Crippen MR) is 56.8 cm³/mol. The maximum Gasteiger partial charge on any atom is 0.0956 e. The van der Waals surface area contributed by atoms with Gasteiger partial charge in [0.25, 0.3) is 0 Å². The molecule has 0 saturated carbocycles. The van der Waals surface area contributed by atoms with Crippen molar-refractivity contribution in [3.8, 4) is 0 Å². The van der Waals surface area contributed by atoms with Crippen molar-refractivity contribution in [3.63, 3.8) is 0 Å². The lowest BCUT2D eigenvalue weighted by atomic mass is 10.2. The molecule has 3 nitrogen and oxygen atoms in total. The van der Waals surface area contributed by atoms with Gasteiger partial charge in [0.15, 0.2) is 0 Å². The SMILES string of the molecule is CN(C)OCc1c[nH]c2ccccc12. The van der Waals surface area contributed by atoms with Crippen molar-refractivity contribution in [2.45, 2.75) is 6.61 Å². The monoisotopic (exact) mass is 190 g/mol. The molecular weight excluding hydrogens is 176 g/mol. The molecule has 0 radical (unpaired) electrons. The molecule has 0 aliphatic carbocycles. The molecule has 0 aliphatic heterocycles. The molecule has 1 aromatic heterocycles. The molecule has 1 heterocycles. The normalized spacial score (nSPS) is 11.4. The number of benzene rings is 1. The number of hydroxylamine groups is 2. The van der Waals surface area contributed by atoms with Gasteiger partial charge in [0, 0.05) is 36.8 Å². The Labute approximate surface area is 83.2 Å². The molecule has 0 spiro atoms. The highest BCUT2D eigenvalue weighted by molar-refractivity contribution is 5.82. The van der Waals surface area contributed by atoms with E-state index in [1.165, 1.54) is 10.9 Å². The van der Waals surface area contributed by atoms with E-state index in [2.05, 4.69) is 17.1 Å². The van der Waals surface area contributed by atoms with Crippen LogP contribution < -0.4 is 0 Å². The molecule has 1 N–H and O–H groups in total. The second kappa shape index (κ2) is 3.82. The molecule has 0 atom stereocenters. The third-order valence-corrected chi connectivity index (χ3v) is 2.15. The minimum Gasteiger partial charge on any atom is -0.361 e. The van der Waals surface area contributed by atoms with Gasteiger partial charge in [-0.25, -0.2) is 0 Å². The smallest absolute Gasteiger partial charge is 0.0956 e. The lowest BCUT2D eigenvalue weighted by Gasteiger charge is -2.09. The summed E-state index contributed by atoms with van der Waals surface area (Å²) in [6, 6.07) is 8.22. The maximum atomic E-state index is 5.41. The van der Waals surface area contributed by atoms with Crippen LogP contribution >= 0.6 is 0 Å². The van der Waals surface area contributed by atoms with Crippen LogP contribution in [-0.2, 0) is 11.4 Å². The van der Waals surface area contributed by atoms with Gasteiger partial charge in [-0.1, -0.05) is 18.2 Å². The minimum atomic E-state index is 0.608. The Bertz CT molecular complexity index is 420. The molecule has 14 heavy (non-hydrogen) atoms. The van der Waals surface area contributed by atoms with Crippen LogP contribution in [0.4, 0.5) is 0 Å². The number of rotatable bonds is 3. The summed E-state index contributed by atoms with van der Waals surface area (Å²) in [6.45, 7) is 0.608. The van der Waals surface area contributed by atoms with E-state index in [-0.39, 0.29) is 0 Å². The highest BCUT2D eigenvalue weighted by atomic mass is 16.7. The number of H-pyrrole nitrogens is 1. The average molecular weight is 190 g/mol. The van der Waals surface area contributed by atoms with E-state index in [9.17, 15) is 0 Å². The van der Waals surface area contributed by atoms with Crippen LogP contribution in [0.15, 0.2) is 30.5 Å². The van der Waals surface area contributed by atoms with Gasteiger partial charge < -0.3 is 4.98 Å². The summed E-state index contributed by atoms with van der Waals surface area (Å²) in [6.07, 6.45) is 1.99. The standard InChI is InChI=1S/C11H14N2O/c1-13(2)14-8-9-7-12-11-6-4-3-5-10(9)11/h3-7,12H,8H2,1-2H3. The molecule has 1 aromatic carbocycles. The third-order valence-electron chi connectivity index (χ3n) is 2.15. The predicted octanol–water partition coefficient (Wildman–Crippen LogP) is 2.16. The molecule has 0 bridgehead atoms. The van der Waals surface area contributed by atoms with Crippen molar-refractivity contribution < 1.29 is 4.84 Å². The van der Waals surface area contributed by atoms with Crippen LogP contribution in [0.1, 0.15) is 5.56 Å². The number of para-hydroxylation sites is 1. The van der Waals surface area contributed by atoms with Crippen LogP contribution in [0, 0.1) is 0 Å². The van der Waals surface area contributed by atoms with Gasteiger partial charge in [-0.05, 0) is 6.07 Å². The van der Waals surface area contributed by atoms with Crippen molar-refractivity contribution >= 4 is 10.9 Å². The largest absolute Gasteiger partial charge is 0.361 e. The van der Waals surface area contributed by atoms with Crippen molar-refractivity contribution in [3.05, 3.63) is 36.0 Å². The van der Waals surface area contributed by atoms with Gasteiger partial charge in [0.2, 0.25) is 0 Å². The van der Waals surface area contributed by atoms with Crippen molar-refractivity contribution in [2.24, 2.45) is 0 Å². The van der Waals surface area contributed by atoms with E-state index in [0.717, 1.165) is 5.52 Å². The summed E-state index contributed by atoms with van der Waals surface area (Å²) in [4.78, 5) is 8.62. The topological polar surface area (TPSA) is 28.3 Å². The molecule has 3 heteroatoms. The van der Waals surface area contributed by atoms with E-state index in [0.29, 0.717) is 6.61 Å². The van der Waals surface area contributed by atoms with Crippen molar-refractivity contribution in [2.75, 3.05) is 14.1 Å². The Hall–Kier alpha value is -1.32. The zero-order valence-electron chi connectivity index (χ0n) is 8.45.